The van der Waals surface area contributed by atoms with Crippen LogP contribution < -0.4 is 0 Å². The number of likely N-dealkylation sites (N-methyl/N-ethyl adjacent to an activating group) is 1. The fraction of sp³-hybridized carbons (Fsp3) is 0.545. The van der Waals surface area contributed by atoms with Crippen molar-refractivity contribution in [1.29, 1.82) is 0 Å². The van der Waals surface area contributed by atoms with Gasteiger partial charge in [0.15, 0.2) is 0 Å². The summed E-state index contributed by atoms with van der Waals surface area (Å²) in [5.74, 6) is -0.117. The van der Waals surface area contributed by atoms with Gasteiger partial charge in [0.25, 0.3) is 5.91 Å². The molecular weight excluding hydrogens is 194 g/mol. The molecule has 15 heavy (non-hydrogen) atoms. The molecule has 4 nitrogen and oxygen atoms in total. The fourth-order valence-corrected chi connectivity index (χ4v) is 1.36. The van der Waals surface area contributed by atoms with Gasteiger partial charge in [0, 0.05) is 13.1 Å². The molecule has 84 valence electrons. The normalized spacial score (nSPS) is 11.5. The molecule has 1 aromatic rings. The molecule has 0 spiro atoms. The summed E-state index contributed by atoms with van der Waals surface area (Å²) in [5.41, 5.74) is -0.365. The number of carbonyl (C=O) groups is 1. The minimum atomic E-state index is -0.880. The molecule has 0 atom stereocenters. The van der Waals surface area contributed by atoms with Crippen LogP contribution in [-0.2, 0) is 0 Å². The Morgan fingerprint density at radius 2 is 2.27 bits per heavy atom. The van der Waals surface area contributed by atoms with Crippen LogP contribution in [0.3, 0.4) is 0 Å². The van der Waals surface area contributed by atoms with E-state index in [-0.39, 0.29) is 5.91 Å². The van der Waals surface area contributed by atoms with Gasteiger partial charge in [-0.05, 0) is 26.8 Å². The number of amides is 1. The van der Waals surface area contributed by atoms with Crippen molar-refractivity contribution in [2.24, 2.45) is 0 Å². The summed E-state index contributed by atoms with van der Waals surface area (Å²) in [6.07, 6.45) is 2.88. The SMILES string of the molecule is CCN(CC(C)(C)O)C(=O)c1ccoc1. The van der Waals surface area contributed by atoms with Crippen molar-refractivity contribution in [1.82, 2.24) is 4.90 Å². The van der Waals surface area contributed by atoms with Gasteiger partial charge in [-0.15, -0.1) is 0 Å². The van der Waals surface area contributed by atoms with E-state index in [2.05, 4.69) is 0 Å². The van der Waals surface area contributed by atoms with Crippen molar-refractivity contribution >= 4 is 5.91 Å². The predicted molar refractivity (Wildman–Crippen MR) is 56.6 cm³/mol. The molecule has 0 saturated heterocycles. The topological polar surface area (TPSA) is 53.7 Å². The van der Waals surface area contributed by atoms with Crippen LogP contribution in [0.25, 0.3) is 0 Å². The van der Waals surface area contributed by atoms with Crippen LogP contribution in [0.4, 0.5) is 0 Å². The molecule has 0 aliphatic rings. The summed E-state index contributed by atoms with van der Waals surface area (Å²) in [4.78, 5) is 13.5. The van der Waals surface area contributed by atoms with Gasteiger partial charge in [0.2, 0.25) is 0 Å². The molecule has 1 heterocycles. The van der Waals surface area contributed by atoms with Gasteiger partial charge in [-0.2, -0.15) is 0 Å². The van der Waals surface area contributed by atoms with Gasteiger partial charge in [-0.25, -0.2) is 0 Å². The highest BCUT2D eigenvalue weighted by Crippen LogP contribution is 2.10. The molecule has 0 aromatic carbocycles. The Labute approximate surface area is 89.5 Å². The third-order valence-electron chi connectivity index (χ3n) is 2.01. The largest absolute Gasteiger partial charge is 0.472 e. The van der Waals surface area contributed by atoms with E-state index in [1.807, 2.05) is 6.92 Å². The van der Waals surface area contributed by atoms with Gasteiger partial charge >= 0.3 is 0 Å². The van der Waals surface area contributed by atoms with Gasteiger partial charge in [0.1, 0.15) is 6.26 Å². The Bertz CT molecular complexity index is 311. The maximum Gasteiger partial charge on any atom is 0.257 e. The highest BCUT2D eigenvalue weighted by atomic mass is 16.3. The number of nitrogens with zero attached hydrogens (tertiary/aromatic N) is 1. The van der Waals surface area contributed by atoms with Crippen LogP contribution >= 0.6 is 0 Å². The van der Waals surface area contributed by atoms with Crippen molar-refractivity contribution in [3.8, 4) is 0 Å². The third-order valence-corrected chi connectivity index (χ3v) is 2.01. The van der Waals surface area contributed by atoms with E-state index in [1.54, 1.807) is 24.8 Å². The first-order valence-electron chi connectivity index (χ1n) is 4.98. The molecular formula is C11H17NO3. The van der Waals surface area contributed by atoms with E-state index >= 15 is 0 Å². The molecule has 0 aliphatic heterocycles. The number of carbonyl (C=O) groups excluding carboxylic acids is 1. The van der Waals surface area contributed by atoms with E-state index in [9.17, 15) is 9.90 Å². The number of hydrogen-bond acceptors (Lipinski definition) is 3. The summed E-state index contributed by atoms with van der Waals surface area (Å²) in [5, 5.41) is 9.65. The molecule has 0 fully saturated rings. The van der Waals surface area contributed by atoms with Crippen LogP contribution in [0.5, 0.6) is 0 Å². The summed E-state index contributed by atoms with van der Waals surface area (Å²) >= 11 is 0. The van der Waals surface area contributed by atoms with Gasteiger partial charge < -0.3 is 14.4 Å². The second kappa shape index (κ2) is 4.49. The third kappa shape index (κ3) is 3.40. The molecule has 1 amide bonds. The second-order valence-electron chi connectivity index (χ2n) is 4.14. The first-order chi connectivity index (χ1) is 6.94. The average Bonchev–Trinajstić information content (AvgIpc) is 2.64. The summed E-state index contributed by atoms with van der Waals surface area (Å²) in [7, 11) is 0. The van der Waals surface area contributed by atoms with Crippen molar-refractivity contribution in [2.75, 3.05) is 13.1 Å². The van der Waals surface area contributed by atoms with Crippen LogP contribution in [0.15, 0.2) is 23.0 Å². The number of hydrogen-bond donors (Lipinski definition) is 1. The minimum Gasteiger partial charge on any atom is -0.472 e. The molecule has 0 bridgehead atoms. The van der Waals surface area contributed by atoms with Crippen molar-refractivity contribution in [3.05, 3.63) is 24.2 Å². The molecule has 1 aromatic heterocycles. The highest BCUT2D eigenvalue weighted by molar-refractivity contribution is 5.93. The molecule has 4 heteroatoms. The Hall–Kier alpha value is -1.29. The first-order valence-corrected chi connectivity index (χ1v) is 4.98. The van der Waals surface area contributed by atoms with Gasteiger partial charge in [-0.1, -0.05) is 0 Å². The maximum atomic E-state index is 11.9. The monoisotopic (exact) mass is 211 g/mol. The fourth-order valence-electron chi connectivity index (χ4n) is 1.36. The molecule has 0 unspecified atom stereocenters. The zero-order chi connectivity index (χ0) is 11.5. The average molecular weight is 211 g/mol. The lowest BCUT2D eigenvalue weighted by molar-refractivity contribution is 0.0314. The van der Waals surface area contributed by atoms with Gasteiger partial charge in [-0.3, -0.25) is 4.79 Å². The van der Waals surface area contributed by atoms with Crippen LogP contribution in [0.1, 0.15) is 31.1 Å². The van der Waals surface area contributed by atoms with E-state index in [4.69, 9.17) is 4.42 Å². The van der Waals surface area contributed by atoms with Crippen molar-refractivity contribution in [3.63, 3.8) is 0 Å². The Kier molecular flexibility index (Phi) is 3.52. The molecule has 0 aliphatic carbocycles. The standard InChI is InChI=1S/C11H17NO3/c1-4-12(8-11(2,3)14)10(13)9-5-6-15-7-9/h5-7,14H,4,8H2,1-3H3. The lowest BCUT2D eigenvalue weighted by atomic mass is 10.1. The summed E-state index contributed by atoms with van der Waals surface area (Å²) < 4.78 is 4.85. The lowest BCUT2D eigenvalue weighted by Gasteiger charge is -2.27. The number of aliphatic hydroxyl groups is 1. The van der Waals surface area contributed by atoms with Crippen molar-refractivity contribution in [2.45, 2.75) is 26.4 Å². The number of furan rings is 1. The smallest absolute Gasteiger partial charge is 0.257 e. The zero-order valence-corrected chi connectivity index (χ0v) is 9.36. The molecule has 0 saturated carbocycles. The van der Waals surface area contributed by atoms with Crippen molar-refractivity contribution < 1.29 is 14.3 Å². The highest BCUT2D eigenvalue weighted by Gasteiger charge is 2.22. The quantitative estimate of drug-likeness (QED) is 0.821. The van der Waals surface area contributed by atoms with Crippen LogP contribution in [0, 0.1) is 0 Å². The minimum absolute atomic E-state index is 0.117. The molecule has 0 radical (unpaired) electrons. The zero-order valence-electron chi connectivity index (χ0n) is 9.36. The Morgan fingerprint density at radius 3 is 2.67 bits per heavy atom. The summed E-state index contributed by atoms with van der Waals surface area (Å²) in [6.45, 7) is 6.11. The predicted octanol–water partition coefficient (Wildman–Crippen LogP) is 1.51. The van der Waals surface area contributed by atoms with E-state index in [0.29, 0.717) is 18.7 Å². The maximum absolute atomic E-state index is 11.9. The molecule has 1 rings (SSSR count). The molecule has 1 N–H and O–H groups in total. The second-order valence-corrected chi connectivity index (χ2v) is 4.14. The van der Waals surface area contributed by atoms with E-state index < -0.39 is 5.60 Å². The van der Waals surface area contributed by atoms with Crippen LogP contribution in [-0.4, -0.2) is 34.6 Å². The summed E-state index contributed by atoms with van der Waals surface area (Å²) in [6, 6.07) is 1.62. The van der Waals surface area contributed by atoms with E-state index in [0.717, 1.165) is 0 Å². The Balaban J connectivity index is 2.72. The number of rotatable bonds is 4. The van der Waals surface area contributed by atoms with Gasteiger partial charge in [0.05, 0.1) is 17.4 Å². The van der Waals surface area contributed by atoms with Crippen LogP contribution in [0.2, 0.25) is 0 Å². The first kappa shape index (κ1) is 11.8. The Morgan fingerprint density at radius 1 is 1.60 bits per heavy atom. The lowest BCUT2D eigenvalue weighted by Crippen LogP contribution is -2.42. The van der Waals surface area contributed by atoms with E-state index in [1.165, 1.54) is 12.5 Å².